The minimum absolute atomic E-state index is 0.777. The fourth-order valence-corrected chi connectivity index (χ4v) is 1.81. The van der Waals surface area contributed by atoms with Crippen molar-refractivity contribution in [2.45, 2.75) is 26.7 Å². The summed E-state index contributed by atoms with van der Waals surface area (Å²) in [5.41, 5.74) is 1.34. The van der Waals surface area contributed by atoms with Gasteiger partial charge in [0, 0.05) is 32.8 Å². The van der Waals surface area contributed by atoms with Crippen LogP contribution in [0.2, 0.25) is 0 Å². The molecule has 2 N–H and O–H groups in total. The smallest absolute Gasteiger partial charge is 0.191 e. The third-order valence-electron chi connectivity index (χ3n) is 2.81. The first-order chi connectivity index (χ1) is 9.86. The summed E-state index contributed by atoms with van der Waals surface area (Å²) in [4.78, 5) is 4.53. The van der Waals surface area contributed by atoms with E-state index in [1.165, 1.54) is 5.56 Å². The van der Waals surface area contributed by atoms with Gasteiger partial charge in [-0.15, -0.1) is 0 Å². The van der Waals surface area contributed by atoms with E-state index in [1.54, 1.807) is 0 Å². The van der Waals surface area contributed by atoms with E-state index in [0.29, 0.717) is 0 Å². The van der Waals surface area contributed by atoms with E-state index in [0.717, 1.165) is 51.6 Å². The van der Waals surface area contributed by atoms with E-state index in [4.69, 9.17) is 4.74 Å². The Hall–Kier alpha value is -1.55. The molecule has 0 aromatic heterocycles. The maximum atomic E-state index is 5.30. The summed E-state index contributed by atoms with van der Waals surface area (Å²) in [6, 6.07) is 10.5. The molecule has 0 aliphatic rings. The van der Waals surface area contributed by atoms with Gasteiger partial charge >= 0.3 is 0 Å². The Labute approximate surface area is 122 Å². The number of nitrogens with zero attached hydrogens (tertiary/aromatic N) is 1. The predicted molar refractivity (Wildman–Crippen MR) is 85.2 cm³/mol. The monoisotopic (exact) mass is 277 g/mol. The summed E-state index contributed by atoms with van der Waals surface area (Å²) in [6.07, 6.45) is 1.97. The van der Waals surface area contributed by atoms with Crippen LogP contribution in [0.4, 0.5) is 0 Å². The first-order valence-corrected chi connectivity index (χ1v) is 7.50. The lowest BCUT2D eigenvalue weighted by atomic mass is 10.1. The number of hydrogen-bond acceptors (Lipinski definition) is 2. The fourth-order valence-electron chi connectivity index (χ4n) is 1.81. The van der Waals surface area contributed by atoms with Crippen LogP contribution in [0.15, 0.2) is 35.3 Å². The highest BCUT2D eigenvalue weighted by Gasteiger charge is 1.97. The molecular formula is C16H27N3O. The Balaban J connectivity index is 2.25. The van der Waals surface area contributed by atoms with Crippen LogP contribution in [0.5, 0.6) is 0 Å². The summed E-state index contributed by atoms with van der Waals surface area (Å²) in [5, 5.41) is 6.62. The van der Waals surface area contributed by atoms with Crippen LogP contribution in [0.1, 0.15) is 25.8 Å². The number of aliphatic imine (C=N–C) groups is 1. The molecule has 0 spiro atoms. The molecule has 0 fully saturated rings. The zero-order valence-corrected chi connectivity index (χ0v) is 12.7. The highest BCUT2D eigenvalue weighted by Crippen LogP contribution is 1.98. The first-order valence-electron chi connectivity index (χ1n) is 7.50. The van der Waals surface area contributed by atoms with Gasteiger partial charge in [-0.05, 0) is 32.3 Å². The molecule has 4 heteroatoms. The molecule has 0 aliphatic heterocycles. The van der Waals surface area contributed by atoms with E-state index in [-0.39, 0.29) is 0 Å². The van der Waals surface area contributed by atoms with Crippen LogP contribution < -0.4 is 10.6 Å². The molecule has 0 unspecified atom stereocenters. The third-order valence-corrected chi connectivity index (χ3v) is 2.81. The summed E-state index contributed by atoms with van der Waals surface area (Å²) in [5.74, 6) is 0.889. The van der Waals surface area contributed by atoms with E-state index >= 15 is 0 Å². The SMILES string of the molecule is CCNC(=NCCCOCC)NCCc1ccccc1. The highest BCUT2D eigenvalue weighted by molar-refractivity contribution is 5.79. The first kappa shape index (κ1) is 16.5. The van der Waals surface area contributed by atoms with Crippen molar-refractivity contribution in [3.8, 4) is 0 Å². The topological polar surface area (TPSA) is 45.7 Å². The average molecular weight is 277 g/mol. The highest BCUT2D eigenvalue weighted by atomic mass is 16.5. The molecule has 0 aliphatic carbocycles. The predicted octanol–water partition coefficient (Wildman–Crippen LogP) is 2.21. The number of guanidine groups is 1. The molecule has 4 nitrogen and oxygen atoms in total. The molecule has 0 atom stereocenters. The minimum atomic E-state index is 0.777. The van der Waals surface area contributed by atoms with Crippen LogP contribution in [0, 0.1) is 0 Å². The van der Waals surface area contributed by atoms with Crippen LogP contribution in [-0.4, -0.2) is 38.8 Å². The van der Waals surface area contributed by atoms with Crippen molar-refractivity contribution >= 4 is 5.96 Å². The fraction of sp³-hybridized carbons (Fsp3) is 0.562. The summed E-state index contributed by atoms with van der Waals surface area (Å²) < 4.78 is 5.30. The standard InChI is InChI=1S/C16H27N3O/c1-3-17-16(18-12-8-14-20-4-2)19-13-11-15-9-6-5-7-10-15/h5-7,9-10H,3-4,8,11-14H2,1-2H3,(H2,17,18,19). The van der Waals surface area contributed by atoms with Crippen molar-refractivity contribution in [1.82, 2.24) is 10.6 Å². The van der Waals surface area contributed by atoms with Gasteiger partial charge in [-0.2, -0.15) is 0 Å². The van der Waals surface area contributed by atoms with Crippen molar-refractivity contribution in [3.05, 3.63) is 35.9 Å². The molecular weight excluding hydrogens is 250 g/mol. The van der Waals surface area contributed by atoms with Gasteiger partial charge in [0.15, 0.2) is 5.96 Å². The zero-order valence-electron chi connectivity index (χ0n) is 12.7. The van der Waals surface area contributed by atoms with Gasteiger partial charge in [0.1, 0.15) is 0 Å². The molecule has 0 saturated heterocycles. The molecule has 112 valence electrons. The molecule has 0 heterocycles. The van der Waals surface area contributed by atoms with Gasteiger partial charge in [0.25, 0.3) is 0 Å². The number of hydrogen-bond donors (Lipinski definition) is 2. The van der Waals surface area contributed by atoms with Gasteiger partial charge in [-0.25, -0.2) is 0 Å². The van der Waals surface area contributed by atoms with Gasteiger partial charge in [-0.1, -0.05) is 30.3 Å². The second-order valence-corrected chi connectivity index (χ2v) is 4.47. The van der Waals surface area contributed by atoms with Crippen LogP contribution >= 0.6 is 0 Å². The van der Waals surface area contributed by atoms with Crippen molar-refractivity contribution in [2.75, 3.05) is 32.8 Å². The molecule has 1 aromatic carbocycles. The van der Waals surface area contributed by atoms with Crippen molar-refractivity contribution < 1.29 is 4.74 Å². The summed E-state index contributed by atoms with van der Waals surface area (Å²) >= 11 is 0. The Bertz CT molecular complexity index is 365. The van der Waals surface area contributed by atoms with Gasteiger partial charge in [0.2, 0.25) is 0 Å². The van der Waals surface area contributed by atoms with Gasteiger partial charge in [-0.3, -0.25) is 4.99 Å². The summed E-state index contributed by atoms with van der Waals surface area (Å²) in [7, 11) is 0. The van der Waals surface area contributed by atoms with Crippen LogP contribution in [0.25, 0.3) is 0 Å². The molecule has 0 saturated carbocycles. The maximum absolute atomic E-state index is 5.30. The number of rotatable bonds is 9. The molecule has 20 heavy (non-hydrogen) atoms. The molecule has 0 radical (unpaired) electrons. The molecule has 1 aromatic rings. The zero-order chi connectivity index (χ0) is 14.5. The van der Waals surface area contributed by atoms with Gasteiger partial charge in [0.05, 0.1) is 0 Å². The van der Waals surface area contributed by atoms with Gasteiger partial charge < -0.3 is 15.4 Å². The lowest BCUT2D eigenvalue weighted by molar-refractivity contribution is 0.146. The van der Waals surface area contributed by atoms with Crippen LogP contribution in [0.3, 0.4) is 0 Å². The normalized spacial score (nSPS) is 11.4. The third kappa shape index (κ3) is 7.79. The molecule has 1 rings (SSSR count). The quantitative estimate of drug-likeness (QED) is 0.413. The second kappa shape index (κ2) is 11.3. The summed E-state index contributed by atoms with van der Waals surface area (Å²) in [6.45, 7) is 8.21. The minimum Gasteiger partial charge on any atom is -0.382 e. The Kier molecular flexibility index (Phi) is 9.32. The Morgan fingerprint density at radius 1 is 1.15 bits per heavy atom. The maximum Gasteiger partial charge on any atom is 0.191 e. The molecule has 0 bridgehead atoms. The van der Waals surface area contributed by atoms with E-state index in [2.05, 4.69) is 46.8 Å². The van der Waals surface area contributed by atoms with Crippen molar-refractivity contribution in [1.29, 1.82) is 0 Å². The van der Waals surface area contributed by atoms with E-state index < -0.39 is 0 Å². The molecule has 0 amide bonds. The number of ether oxygens (including phenoxy) is 1. The second-order valence-electron chi connectivity index (χ2n) is 4.47. The average Bonchev–Trinajstić information content (AvgIpc) is 2.48. The lowest BCUT2D eigenvalue weighted by Crippen LogP contribution is -2.38. The lowest BCUT2D eigenvalue weighted by Gasteiger charge is -2.11. The van der Waals surface area contributed by atoms with E-state index in [1.807, 2.05) is 13.0 Å². The van der Waals surface area contributed by atoms with Crippen LogP contribution in [-0.2, 0) is 11.2 Å². The van der Waals surface area contributed by atoms with Crippen molar-refractivity contribution in [3.63, 3.8) is 0 Å². The number of nitrogens with one attached hydrogen (secondary N) is 2. The van der Waals surface area contributed by atoms with Crippen molar-refractivity contribution in [2.24, 2.45) is 4.99 Å². The Morgan fingerprint density at radius 3 is 2.65 bits per heavy atom. The van der Waals surface area contributed by atoms with E-state index in [9.17, 15) is 0 Å². The largest absolute Gasteiger partial charge is 0.382 e. The number of benzene rings is 1. The Morgan fingerprint density at radius 2 is 1.95 bits per heavy atom.